The number of nitro benzene ring substituents is 1. The van der Waals surface area contributed by atoms with Crippen LogP contribution in [0.25, 0.3) is 0 Å². The molecule has 3 aromatic rings. The first-order chi connectivity index (χ1) is 15.4. The Bertz CT molecular complexity index is 994. The Morgan fingerprint density at radius 3 is 2.00 bits per heavy atom. The van der Waals surface area contributed by atoms with Gasteiger partial charge in [0, 0.05) is 12.1 Å². The van der Waals surface area contributed by atoms with Crippen LogP contribution in [-0.2, 0) is 4.74 Å². The van der Waals surface area contributed by atoms with E-state index in [9.17, 15) is 24.8 Å². The zero-order valence-corrected chi connectivity index (χ0v) is 17.7. The van der Waals surface area contributed by atoms with Crippen LogP contribution in [-0.4, -0.2) is 22.0 Å². The number of carbonyl (C=O) groups is 2. The van der Waals surface area contributed by atoms with Gasteiger partial charge in [0.15, 0.2) is 0 Å². The molecule has 3 rings (SSSR count). The van der Waals surface area contributed by atoms with Gasteiger partial charge in [0.25, 0.3) is 5.69 Å². The third-order valence-electron chi connectivity index (χ3n) is 4.57. The van der Waals surface area contributed by atoms with Crippen LogP contribution in [0.15, 0.2) is 84.9 Å². The molecule has 1 N–H and O–H groups in total. The second kappa shape index (κ2) is 12.6. The molecular formula is C25H25NO6. The Hall–Kier alpha value is -4.00. The van der Waals surface area contributed by atoms with Gasteiger partial charge in [0.05, 0.1) is 16.1 Å². The first kappa shape index (κ1) is 24.3. The average Bonchev–Trinajstić information content (AvgIpc) is 2.83. The smallest absolute Gasteiger partial charge is 0.339 e. The standard InChI is InChI=1S/C19H19NO6.C6H6/c1-2-3-9-17(13-7-5-4-6-8-13)26-19(23)15-11-10-14(20(24)25)12-16(15)18(21)22;1-2-4-6-5-3-1/h4-8,10-12,17H,2-3,9H2,1H3,(H,21,22);1-6H. The predicted molar refractivity (Wildman–Crippen MR) is 121 cm³/mol. The van der Waals surface area contributed by atoms with Crippen LogP contribution < -0.4 is 0 Å². The quantitative estimate of drug-likeness (QED) is 0.261. The van der Waals surface area contributed by atoms with Crippen LogP contribution in [0.2, 0.25) is 0 Å². The van der Waals surface area contributed by atoms with Crippen LogP contribution in [0.4, 0.5) is 5.69 Å². The van der Waals surface area contributed by atoms with Crippen molar-refractivity contribution >= 4 is 17.6 Å². The summed E-state index contributed by atoms with van der Waals surface area (Å²) in [4.78, 5) is 34.1. The Morgan fingerprint density at radius 1 is 0.938 bits per heavy atom. The monoisotopic (exact) mass is 435 g/mol. The van der Waals surface area contributed by atoms with E-state index in [1.165, 1.54) is 0 Å². The lowest BCUT2D eigenvalue weighted by molar-refractivity contribution is -0.384. The number of benzene rings is 3. The maximum Gasteiger partial charge on any atom is 0.339 e. The van der Waals surface area contributed by atoms with Crippen LogP contribution in [0.3, 0.4) is 0 Å². The van der Waals surface area contributed by atoms with Gasteiger partial charge in [-0.2, -0.15) is 0 Å². The van der Waals surface area contributed by atoms with E-state index in [0.717, 1.165) is 36.6 Å². The minimum atomic E-state index is -1.43. The van der Waals surface area contributed by atoms with Crippen molar-refractivity contribution in [2.24, 2.45) is 0 Å². The molecule has 0 aliphatic carbocycles. The topological polar surface area (TPSA) is 107 Å². The molecule has 0 spiro atoms. The van der Waals surface area contributed by atoms with Crippen molar-refractivity contribution in [1.82, 2.24) is 0 Å². The molecule has 3 aromatic carbocycles. The fraction of sp³-hybridized carbons (Fsp3) is 0.200. The minimum absolute atomic E-state index is 0.208. The van der Waals surface area contributed by atoms with E-state index < -0.39 is 34.2 Å². The molecular weight excluding hydrogens is 410 g/mol. The number of ether oxygens (including phenoxy) is 1. The number of esters is 1. The molecule has 0 aromatic heterocycles. The number of nitro groups is 1. The number of carboxylic acid groups (broad SMARTS) is 1. The lowest BCUT2D eigenvalue weighted by Gasteiger charge is -2.18. The largest absolute Gasteiger partial charge is 0.478 e. The van der Waals surface area contributed by atoms with Crippen LogP contribution in [0.1, 0.15) is 58.6 Å². The number of nitrogens with zero attached hydrogens (tertiary/aromatic N) is 1. The fourth-order valence-electron chi connectivity index (χ4n) is 2.93. The van der Waals surface area contributed by atoms with Crippen molar-refractivity contribution in [3.8, 4) is 0 Å². The van der Waals surface area contributed by atoms with Crippen molar-refractivity contribution in [2.75, 3.05) is 0 Å². The van der Waals surface area contributed by atoms with Gasteiger partial charge in [-0.15, -0.1) is 0 Å². The number of unbranched alkanes of at least 4 members (excludes halogenated alkanes) is 1. The molecule has 1 unspecified atom stereocenters. The summed E-state index contributed by atoms with van der Waals surface area (Å²) in [5.41, 5.74) is -0.246. The van der Waals surface area contributed by atoms with Gasteiger partial charge in [-0.3, -0.25) is 10.1 Å². The average molecular weight is 435 g/mol. The number of hydrogen-bond acceptors (Lipinski definition) is 5. The number of carbonyl (C=O) groups excluding carboxylic acids is 1. The van der Waals surface area contributed by atoms with E-state index in [1.807, 2.05) is 73.7 Å². The third kappa shape index (κ3) is 7.36. The summed E-state index contributed by atoms with van der Waals surface area (Å²) >= 11 is 0. The van der Waals surface area contributed by atoms with E-state index in [1.54, 1.807) is 0 Å². The zero-order chi connectivity index (χ0) is 23.3. The molecule has 7 heteroatoms. The Morgan fingerprint density at radius 2 is 1.50 bits per heavy atom. The Kier molecular flexibility index (Phi) is 9.59. The maximum atomic E-state index is 12.5. The van der Waals surface area contributed by atoms with Crippen molar-refractivity contribution in [2.45, 2.75) is 32.3 Å². The highest BCUT2D eigenvalue weighted by Gasteiger charge is 2.24. The molecule has 0 amide bonds. The molecule has 0 radical (unpaired) electrons. The number of rotatable bonds is 8. The number of carboxylic acids is 1. The first-order valence-electron chi connectivity index (χ1n) is 10.2. The van der Waals surface area contributed by atoms with Crippen LogP contribution in [0, 0.1) is 10.1 Å². The van der Waals surface area contributed by atoms with Crippen molar-refractivity contribution < 1.29 is 24.4 Å². The highest BCUT2D eigenvalue weighted by atomic mass is 16.6. The van der Waals surface area contributed by atoms with Crippen LogP contribution >= 0.6 is 0 Å². The second-order valence-electron chi connectivity index (χ2n) is 6.89. The first-order valence-corrected chi connectivity index (χ1v) is 10.2. The molecule has 166 valence electrons. The highest BCUT2D eigenvalue weighted by Crippen LogP contribution is 2.26. The number of aromatic carboxylic acids is 1. The van der Waals surface area contributed by atoms with E-state index in [4.69, 9.17) is 4.74 Å². The number of hydrogen-bond donors (Lipinski definition) is 1. The lowest BCUT2D eigenvalue weighted by Crippen LogP contribution is -2.15. The van der Waals surface area contributed by atoms with Crippen molar-refractivity contribution in [3.63, 3.8) is 0 Å². The molecule has 0 aliphatic rings. The molecule has 0 saturated heterocycles. The van der Waals surface area contributed by atoms with E-state index in [2.05, 4.69) is 0 Å². The molecule has 1 atom stereocenters. The van der Waals surface area contributed by atoms with Gasteiger partial charge in [-0.25, -0.2) is 9.59 Å². The molecule has 0 saturated carbocycles. The molecule has 7 nitrogen and oxygen atoms in total. The summed E-state index contributed by atoms with van der Waals surface area (Å²) in [5, 5.41) is 20.1. The van der Waals surface area contributed by atoms with Gasteiger partial charge >= 0.3 is 11.9 Å². The summed E-state index contributed by atoms with van der Waals surface area (Å²) < 4.78 is 5.54. The Balaban J connectivity index is 0.000000520. The van der Waals surface area contributed by atoms with E-state index in [-0.39, 0.29) is 5.56 Å². The van der Waals surface area contributed by atoms with Crippen molar-refractivity contribution in [1.29, 1.82) is 0 Å². The van der Waals surface area contributed by atoms with E-state index >= 15 is 0 Å². The summed E-state index contributed by atoms with van der Waals surface area (Å²) in [6, 6.07) is 24.2. The summed E-state index contributed by atoms with van der Waals surface area (Å²) in [6.45, 7) is 2.02. The predicted octanol–water partition coefficient (Wildman–Crippen LogP) is 6.07. The fourth-order valence-corrected chi connectivity index (χ4v) is 2.93. The van der Waals surface area contributed by atoms with Crippen molar-refractivity contribution in [3.05, 3.63) is 112 Å². The summed E-state index contributed by atoms with van der Waals surface area (Å²) in [7, 11) is 0. The zero-order valence-electron chi connectivity index (χ0n) is 17.7. The molecule has 0 aliphatic heterocycles. The highest BCUT2D eigenvalue weighted by molar-refractivity contribution is 6.03. The number of non-ortho nitro benzene ring substituents is 1. The van der Waals surface area contributed by atoms with Gasteiger partial charge in [-0.1, -0.05) is 80.1 Å². The molecule has 0 bridgehead atoms. The third-order valence-corrected chi connectivity index (χ3v) is 4.57. The Labute approximate surface area is 186 Å². The molecule has 0 fully saturated rings. The summed E-state index contributed by atoms with van der Waals surface area (Å²) in [5.74, 6) is -2.24. The summed E-state index contributed by atoms with van der Waals surface area (Å²) in [6.07, 6.45) is 1.83. The van der Waals surface area contributed by atoms with Gasteiger partial charge in [-0.05, 0) is 24.5 Å². The second-order valence-corrected chi connectivity index (χ2v) is 6.89. The normalized spacial score (nSPS) is 10.9. The molecule has 0 heterocycles. The SMILES string of the molecule is CCCCC(OC(=O)c1ccc([N+](=O)[O-])cc1C(=O)O)c1ccccc1.c1ccccc1. The maximum absolute atomic E-state index is 12.5. The lowest BCUT2D eigenvalue weighted by atomic mass is 10.0. The van der Waals surface area contributed by atoms with Crippen LogP contribution in [0.5, 0.6) is 0 Å². The molecule has 32 heavy (non-hydrogen) atoms. The minimum Gasteiger partial charge on any atom is -0.478 e. The van der Waals surface area contributed by atoms with Gasteiger partial charge in [0.1, 0.15) is 6.10 Å². The van der Waals surface area contributed by atoms with Gasteiger partial charge < -0.3 is 9.84 Å². The van der Waals surface area contributed by atoms with Gasteiger partial charge in [0.2, 0.25) is 0 Å². The van der Waals surface area contributed by atoms with E-state index in [0.29, 0.717) is 6.42 Å².